The van der Waals surface area contributed by atoms with Crippen LogP contribution in [0.2, 0.25) is 0 Å². The standard InChI is InChI=1S/C24H35ClN4O/c1-17(2)21(25)15-26-19(4)27-22-13-18(3)23(14-24(22)30-5)29-12-9-20(16-29)28-10-7-6-8-11-28/h13-15,20,27H,4,6-12,16H2,1-3,5H3/b26-15-. The molecule has 1 aromatic carbocycles. The monoisotopic (exact) mass is 430 g/mol. The van der Waals surface area contributed by atoms with Gasteiger partial charge in [-0.25, -0.2) is 4.99 Å². The second kappa shape index (κ2) is 10.4. The van der Waals surface area contributed by atoms with Gasteiger partial charge < -0.3 is 15.0 Å². The highest BCUT2D eigenvalue weighted by molar-refractivity contribution is 6.39. The molecule has 0 bridgehead atoms. The van der Waals surface area contributed by atoms with Crippen molar-refractivity contribution >= 4 is 29.2 Å². The van der Waals surface area contributed by atoms with Gasteiger partial charge in [0.2, 0.25) is 0 Å². The van der Waals surface area contributed by atoms with Crippen LogP contribution >= 0.6 is 11.6 Å². The summed E-state index contributed by atoms with van der Waals surface area (Å²) in [6, 6.07) is 4.92. The Hall–Kier alpha value is -1.98. The van der Waals surface area contributed by atoms with E-state index in [-0.39, 0.29) is 0 Å². The highest BCUT2D eigenvalue weighted by Crippen LogP contribution is 2.36. The summed E-state index contributed by atoms with van der Waals surface area (Å²) in [6.07, 6.45) is 6.92. The fourth-order valence-electron chi connectivity index (χ4n) is 4.28. The van der Waals surface area contributed by atoms with E-state index in [0.29, 0.717) is 16.9 Å². The van der Waals surface area contributed by atoms with E-state index in [9.17, 15) is 0 Å². The van der Waals surface area contributed by atoms with Gasteiger partial charge in [0.25, 0.3) is 0 Å². The number of piperidine rings is 1. The molecule has 3 rings (SSSR count). The van der Waals surface area contributed by atoms with E-state index in [4.69, 9.17) is 16.3 Å². The number of nitrogens with one attached hydrogen (secondary N) is 1. The Morgan fingerprint density at radius 1 is 1.23 bits per heavy atom. The predicted molar refractivity (Wildman–Crippen MR) is 129 cm³/mol. The third kappa shape index (κ3) is 5.58. The first-order valence-corrected chi connectivity index (χ1v) is 11.3. The van der Waals surface area contributed by atoms with Crippen molar-refractivity contribution in [3.8, 4) is 5.75 Å². The van der Waals surface area contributed by atoms with Gasteiger partial charge in [0.1, 0.15) is 11.6 Å². The number of rotatable bonds is 7. The Kier molecular flexibility index (Phi) is 7.84. The molecule has 30 heavy (non-hydrogen) atoms. The van der Waals surface area contributed by atoms with Gasteiger partial charge in [-0.05, 0) is 64.8 Å². The van der Waals surface area contributed by atoms with Gasteiger partial charge in [0.05, 0.1) is 17.8 Å². The first kappa shape index (κ1) is 22.7. The molecule has 2 aliphatic heterocycles. The number of likely N-dealkylation sites (tertiary alicyclic amines) is 1. The van der Waals surface area contributed by atoms with Crippen LogP contribution in [0, 0.1) is 6.92 Å². The highest BCUT2D eigenvalue weighted by Gasteiger charge is 2.29. The lowest BCUT2D eigenvalue weighted by Crippen LogP contribution is -2.40. The molecule has 1 N–H and O–H groups in total. The molecular weight excluding hydrogens is 396 g/mol. The summed E-state index contributed by atoms with van der Waals surface area (Å²) in [6.45, 7) is 14.7. The van der Waals surface area contributed by atoms with Crippen molar-refractivity contribution in [3.05, 3.63) is 40.7 Å². The number of methoxy groups -OCH3 is 1. The maximum Gasteiger partial charge on any atom is 0.144 e. The largest absolute Gasteiger partial charge is 0.494 e. The van der Waals surface area contributed by atoms with Crippen molar-refractivity contribution in [1.29, 1.82) is 0 Å². The number of allylic oxidation sites excluding steroid dienone is 2. The van der Waals surface area contributed by atoms with Gasteiger partial charge in [-0.3, -0.25) is 4.90 Å². The van der Waals surface area contributed by atoms with Crippen LogP contribution in [0.15, 0.2) is 40.1 Å². The van der Waals surface area contributed by atoms with E-state index < -0.39 is 0 Å². The van der Waals surface area contributed by atoms with Gasteiger partial charge in [-0.2, -0.15) is 0 Å². The maximum atomic E-state index is 6.14. The van der Waals surface area contributed by atoms with Crippen molar-refractivity contribution in [2.24, 2.45) is 4.99 Å². The lowest BCUT2D eigenvalue weighted by Gasteiger charge is -2.32. The van der Waals surface area contributed by atoms with Gasteiger partial charge in [0.15, 0.2) is 0 Å². The van der Waals surface area contributed by atoms with Gasteiger partial charge >= 0.3 is 0 Å². The summed E-state index contributed by atoms with van der Waals surface area (Å²) in [5.41, 5.74) is 4.34. The normalized spacial score (nSPS) is 19.9. The zero-order valence-corrected chi connectivity index (χ0v) is 19.6. The number of aryl methyl sites for hydroxylation is 1. The average molecular weight is 431 g/mol. The van der Waals surface area contributed by atoms with Crippen molar-refractivity contribution < 1.29 is 4.74 Å². The van der Waals surface area contributed by atoms with Gasteiger partial charge in [-0.1, -0.05) is 30.2 Å². The topological polar surface area (TPSA) is 40.1 Å². The van der Waals surface area contributed by atoms with Crippen LogP contribution in [-0.2, 0) is 0 Å². The Balaban J connectivity index is 1.71. The molecule has 0 radical (unpaired) electrons. The molecule has 0 saturated carbocycles. The lowest BCUT2D eigenvalue weighted by molar-refractivity contribution is 0.175. The fourth-order valence-corrected chi connectivity index (χ4v) is 4.33. The van der Waals surface area contributed by atoms with Crippen LogP contribution in [0.5, 0.6) is 5.75 Å². The molecular formula is C24H35ClN4O. The first-order chi connectivity index (χ1) is 14.4. The highest BCUT2D eigenvalue weighted by atomic mass is 35.5. The molecule has 1 atom stereocenters. The number of halogens is 1. The predicted octanol–water partition coefficient (Wildman–Crippen LogP) is 5.55. The fraction of sp³-hybridized carbons (Fsp3) is 0.542. The van der Waals surface area contributed by atoms with Crippen molar-refractivity contribution in [1.82, 2.24) is 4.90 Å². The maximum absolute atomic E-state index is 6.14. The molecule has 6 heteroatoms. The molecule has 2 heterocycles. The molecule has 0 aliphatic carbocycles. The SMILES string of the molecule is C=C(/N=C\C(Cl)=C(C)C)Nc1cc(C)c(N2CCC(N3CCCCC3)C2)cc1OC. The Labute approximate surface area is 186 Å². The van der Waals surface area contributed by atoms with Crippen LogP contribution in [0.1, 0.15) is 45.1 Å². The molecule has 2 fully saturated rings. The van der Waals surface area contributed by atoms with E-state index in [0.717, 1.165) is 30.1 Å². The second-order valence-electron chi connectivity index (χ2n) is 8.50. The number of anilines is 2. The number of hydrogen-bond acceptors (Lipinski definition) is 5. The number of nitrogens with zero attached hydrogens (tertiary/aromatic N) is 3. The third-order valence-corrected chi connectivity index (χ3v) is 6.50. The van der Waals surface area contributed by atoms with Gasteiger partial charge in [0, 0.05) is 37.1 Å². The average Bonchev–Trinajstić information content (AvgIpc) is 3.22. The van der Waals surface area contributed by atoms with Crippen LogP contribution in [0.4, 0.5) is 11.4 Å². The molecule has 0 spiro atoms. The molecule has 1 unspecified atom stereocenters. The molecule has 164 valence electrons. The molecule has 0 aromatic heterocycles. The molecule has 1 aromatic rings. The summed E-state index contributed by atoms with van der Waals surface area (Å²) in [5.74, 6) is 1.31. The zero-order valence-electron chi connectivity index (χ0n) is 18.8. The molecule has 5 nitrogen and oxygen atoms in total. The summed E-state index contributed by atoms with van der Waals surface area (Å²) >= 11 is 6.14. The molecule has 0 amide bonds. The summed E-state index contributed by atoms with van der Waals surface area (Å²) in [5, 5.41) is 3.87. The summed E-state index contributed by atoms with van der Waals surface area (Å²) in [7, 11) is 1.70. The van der Waals surface area contributed by atoms with Crippen LogP contribution in [0.25, 0.3) is 0 Å². The molecule has 2 aliphatic rings. The minimum absolute atomic E-state index is 0.520. The lowest BCUT2D eigenvalue weighted by atomic mass is 10.1. The number of hydrogen-bond donors (Lipinski definition) is 1. The number of benzene rings is 1. The summed E-state index contributed by atoms with van der Waals surface area (Å²) in [4.78, 5) is 9.50. The van der Waals surface area contributed by atoms with E-state index in [1.807, 2.05) is 13.8 Å². The van der Waals surface area contributed by atoms with E-state index in [2.05, 4.69) is 45.7 Å². The number of aliphatic imine (C=N–C) groups is 1. The van der Waals surface area contributed by atoms with E-state index in [1.165, 1.54) is 50.0 Å². The van der Waals surface area contributed by atoms with Crippen molar-refractivity contribution in [3.63, 3.8) is 0 Å². The first-order valence-electron chi connectivity index (χ1n) is 10.9. The quantitative estimate of drug-likeness (QED) is 0.575. The molecule has 2 saturated heterocycles. The Morgan fingerprint density at radius 3 is 2.63 bits per heavy atom. The number of ether oxygens (including phenoxy) is 1. The van der Waals surface area contributed by atoms with Crippen LogP contribution in [0.3, 0.4) is 0 Å². The van der Waals surface area contributed by atoms with Crippen molar-refractivity contribution in [2.45, 2.75) is 52.5 Å². The third-order valence-electron chi connectivity index (χ3n) is 6.02. The van der Waals surface area contributed by atoms with Crippen LogP contribution < -0.4 is 15.0 Å². The Morgan fingerprint density at radius 2 is 1.97 bits per heavy atom. The van der Waals surface area contributed by atoms with Crippen molar-refractivity contribution in [2.75, 3.05) is 43.5 Å². The zero-order chi connectivity index (χ0) is 21.7. The minimum atomic E-state index is 0.520. The smallest absolute Gasteiger partial charge is 0.144 e. The second-order valence-corrected chi connectivity index (χ2v) is 8.91. The summed E-state index contributed by atoms with van der Waals surface area (Å²) < 4.78 is 5.68. The van der Waals surface area contributed by atoms with Gasteiger partial charge in [-0.15, -0.1) is 0 Å². The minimum Gasteiger partial charge on any atom is -0.494 e. The van der Waals surface area contributed by atoms with E-state index in [1.54, 1.807) is 13.3 Å². The van der Waals surface area contributed by atoms with E-state index >= 15 is 0 Å². The Bertz CT molecular complexity index is 823. The van der Waals surface area contributed by atoms with Crippen LogP contribution in [-0.4, -0.2) is 50.4 Å².